The molecule has 0 aliphatic heterocycles. The average molecular weight is 277 g/mol. The summed E-state index contributed by atoms with van der Waals surface area (Å²) in [6.07, 6.45) is 1.42. The van der Waals surface area contributed by atoms with Gasteiger partial charge in [-0.15, -0.1) is 0 Å². The molecule has 82 valence electrons. The lowest BCUT2D eigenvalue weighted by molar-refractivity contribution is -0.137. The highest BCUT2D eigenvalue weighted by molar-refractivity contribution is 9.10. The molecule has 0 fully saturated rings. The highest BCUT2D eigenvalue weighted by Gasteiger charge is 2.14. The minimum atomic E-state index is -0.950. The molecule has 1 atom stereocenters. The summed E-state index contributed by atoms with van der Waals surface area (Å²) >= 11 is 3.14. The number of carbonyl (C=O) groups is 1. The number of nitrogens with zero attached hydrogens (tertiary/aromatic N) is 1. The Morgan fingerprint density at radius 3 is 3.00 bits per heavy atom. The first kappa shape index (κ1) is 12.1. The summed E-state index contributed by atoms with van der Waals surface area (Å²) in [6, 6.07) is 0.862. The molecular weight excluding hydrogens is 267 g/mol. The van der Waals surface area contributed by atoms with Crippen LogP contribution < -0.4 is 5.73 Å². The average Bonchev–Trinajstić information content (AvgIpc) is 2.18. The fraction of sp³-hybridized carbons (Fsp3) is 0.333. The van der Waals surface area contributed by atoms with E-state index in [1.54, 1.807) is 0 Å². The number of pyridine rings is 1. The lowest BCUT2D eigenvalue weighted by atomic mass is 10.0. The second-order valence-corrected chi connectivity index (χ2v) is 3.99. The van der Waals surface area contributed by atoms with Crippen LogP contribution in [0.4, 0.5) is 4.39 Å². The number of halogens is 2. The predicted octanol–water partition coefficient (Wildman–Crippen LogP) is 1.85. The van der Waals surface area contributed by atoms with Crippen LogP contribution in [0.15, 0.2) is 16.7 Å². The molecule has 0 aliphatic carbocycles. The third-order valence-electron chi connectivity index (χ3n) is 1.90. The number of hydrogen-bond acceptors (Lipinski definition) is 3. The van der Waals surface area contributed by atoms with E-state index >= 15 is 0 Å². The molecule has 0 saturated heterocycles. The molecule has 0 saturated carbocycles. The first-order valence-corrected chi connectivity index (χ1v) is 5.08. The van der Waals surface area contributed by atoms with Gasteiger partial charge in [0.05, 0.1) is 0 Å². The van der Waals surface area contributed by atoms with E-state index in [2.05, 4.69) is 20.9 Å². The van der Waals surface area contributed by atoms with E-state index in [0.717, 1.165) is 0 Å². The molecule has 1 heterocycles. The van der Waals surface area contributed by atoms with Gasteiger partial charge in [0.1, 0.15) is 0 Å². The Hall–Kier alpha value is -1.01. The van der Waals surface area contributed by atoms with E-state index in [1.165, 1.54) is 12.3 Å². The summed E-state index contributed by atoms with van der Waals surface area (Å²) in [7, 11) is 0. The number of carboxylic acid groups (broad SMARTS) is 1. The van der Waals surface area contributed by atoms with Crippen molar-refractivity contribution in [2.75, 3.05) is 0 Å². The lowest BCUT2D eigenvalue weighted by Gasteiger charge is -2.11. The molecular formula is C9H10BrFN2O2. The maximum absolute atomic E-state index is 13.2. The van der Waals surface area contributed by atoms with Crippen molar-refractivity contribution in [3.05, 3.63) is 28.2 Å². The molecule has 0 amide bonds. The number of carboxylic acids is 1. The van der Waals surface area contributed by atoms with E-state index in [1.807, 2.05) is 0 Å². The van der Waals surface area contributed by atoms with Crippen LogP contribution in [0.1, 0.15) is 24.4 Å². The number of aliphatic carboxylic acids is 1. The summed E-state index contributed by atoms with van der Waals surface area (Å²) in [5.74, 6) is -1.61. The van der Waals surface area contributed by atoms with Crippen molar-refractivity contribution < 1.29 is 14.3 Å². The van der Waals surface area contributed by atoms with Gasteiger partial charge in [0, 0.05) is 28.7 Å². The second-order valence-electron chi connectivity index (χ2n) is 3.07. The number of rotatable bonds is 4. The van der Waals surface area contributed by atoms with E-state index in [9.17, 15) is 9.18 Å². The van der Waals surface area contributed by atoms with Gasteiger partial charge in [0.2, 0.25) is 5.95 Å². The first-order chi connectivity index (χ1) is 7.00. The van der Waals surface area contributed by atoms with Crippen molar-refractivity contribution in [2.45, 2.75) is 18.9 Å². The summed E-state index contributed by atoms with van der Waals surface area (Å²) in [5, 5.41) is 8.46. The maximum atomic E-state index is 13.2. The smallest absolute Gasteiger partial charge is 0.303 e. The summed E-state index contributed by atoms with van der Waals surface area (Å²) in [5.41, 5.74) is 5.88. The van der Waals surface area contributed by atoms with Gasteiger partial charge in [-0.25, -0.2) is 4.98 Å². The molecule has 0 bridgehead atoms. The molecule has 3 N–H and O–H groups in total. The molecule has 15 heavy (non-hydrogen) atoms. The normalized spacial score (nSPS) is 12.5. The van der Waals surface area contributed by atoms with Crippen LogP contribution in [-0.4, -0.2) is 16.1 Å². The van der Waals surface area contributed by atoms with Crippen molar-refractivity contribution in [1.29, 1.82) is 0 Å². The molecule has 6 heteroatoms. The largest absolute Gasteiger partial charge is 0.481 e. The van der Waals surface area contributed by atoms with Crippen LogP contribution in [-0.2, 0) is 4.79 Å². The van der Waals surface area contributed by atoms with E-state index in [-0.39, 0.29) is 18.4 Å². The quantitative estimate of drug-likeness (QED) is 0.823. The summed E-state index contributed by atoms with van der Waals surface area (Å²) in [6.45, 7) is 0. The fourth-order valence-electron chi connectivity index (χ4n) is 1.13. The van der Waals surface area contributed by atoms with Crippen molar-refractivity contribution in [2.24, 2.45) is 5.73 Å². The van der Waals surface area contributed by atoms with E-state index < -0.39 is 18.0 Å². The van der Waals surface area contributed by atoms with Gasteiger partial charge in [-0.1, -0.05) is 0 Å². The van der Waals surface area contributed by atoms with Crippen LogP contribution in [0.25, 0.3) is 0 Å². The molecule has 1 aromatic heterocycles. The molecule has 0 radical (unpaired) electrons. The van der Waals surface area contributed by atoms with Crippen LogP contribution in [0.3, 0.4) is 0 Å². The monoisotopic (exact) mass is 276 g/mol. The van der Waals surface area contributed by atoms with Gasteiger partial charge in [-0.05, 0) is 28.4 Å². The van der Waals surface area contributed by atoms with Crippen molar-refractivity contribution >= 4 is 21.9 Å². The van der Waals surface area contributed by atoms with Crippen molar-refractivity contribution in [3.63, 3.8) is 0 Å². The van der Waals surface area contributed by atoms with E-state index in [0.29, 0.717) is 4.47 Å². The van der Waals surface area contributed by atoms with Crippen LogP contribution in [0.2, 0.25) is 0 Å². The highest BCUT2D eigenvalue weighted by atomic mass is 79.9. The number of hydrogen-bond donors (Lipinski definition) is 2. The van der Waals surface area contributed by atoms with Crippen LogP contribution in [0.5, 0.6) is 0 Å². The zero-order valence-electron chi connectivity index (χ0n) is 7.78. The minimum Gasteiger partial charge on any atom is -0.481 e. The molecule has 0 aromatic carbocycles. The topological polar surface area (TPSA) is 76.2 Å². The Labute approximate surface area is 94.4 Å². The van der Waals surface area contributed by atoms with Gasteiger partial charge in [0.25, 0.3) is 0 Å². The molecule has 0 aliphatic rings. The van der Waals surface area contributed by atoms with Gasteiger partial charge in [-0.3, -0.25) is 4.79 Å². The Balaban J connectivity index is 2.76. The maximum Gasteiger partial charge on any atom is 0.303 e. The van der Waals surface area contributed by atoms with Crippen LogP contribution >= 0.6 is 15.9 Å². The second kappa shape index (κ2) is 5.18. The summed E-state index contributed by atoms with van der Waals surface area (Å²) in [4.78, 5) is 13.8. The molecule has 1 rings (SSSR count). The zero-order valence-corrected chi connectivity index (χ0v) is 9.37. The van der Waals surface area contributed by atoms with Crippen molar-refractivity contribution in [3.8, 4) is 0 Å². The van der Waals surface area contributed by atoms with Gasteiger partial charge in [0.15, 0.2) is 0 Å². The van der Waals surface area contributed by atoms with Crippen LogP contribution in [0, 0.1) is 5.95 Å². The number of nitrogens with two attached hydrogens (primary N) is 1. The van der Waals surface area contributed by atoms with Crippen molar-refractivity contribution in [1.82, 2.24) is 4.98 Å². The summed E-state index contributed by atoms with van der Waals surface area (Å²) < 4.78 is 13.8. The third kappa shape index (κ3) is 3.56. The Bertz CT molecular complexity index is 373. The molecule has 1 aromatic rings. The van der Waals surface area contributed by atoms with E-state index in [4.69, 9.17) is 10.8 Å². The highest BCUT2D eigenvalue weighted by Crippen LogP contribution is 2.21. The predicted molar refractivity (Wildman–Crippen MR) is 55.7 cm³/mol. The number of aromatic nitrogens is 1. The minimum absolute atomic E-state index is 0.0902. The third-order valence-corrected chi connectivity index (χ3v) is 2.34. The Morgan fingerprint density at radius 1 is 1.73 bits per heavy atom. The first-order valence-electron chi connectivity index (χ1n) is 4.29. The Morgan fingerprint density at radius 2 is 2.40 bits per heavy atom. The molecule has 4 nitrogen and oxygen atoms in total. The SMILES string of the molecule is NC(CCC(=O)O)c1cc(Br)cnc1F. The lowest BCUT2D eigenvalue weighted by Crippen LogP contribution is -2.14. The molecule has 0 spiro atoms. The fourth-order valence-corrected chi connectivity index (χ4v) is 1.48. The van der Waals surface area contributed by atoms with Gasteiger partial charge >= 0.3 is 5.97 Å². The van der Waals surface area contributed by atoms with Gasteiger partial charge in [-0.2, -0.15) is 4.39 Å². The Kier molecular flexibility index (Phi) is 4.16. The molecule has 1 unspecified atom stereocenters. The van der Waals surface area contributed by atoms with Gasteiger partial charge < -0.3 is 10.8 Å². The standard InChI is InChI=1S/C9H10BrFN2O2/c10-5-3-6(9(11)13-4-5)7(12)1-2-8(14)15/h3-4,7H,1-2,12H2,(H,14,15). The zero-order chi connectivity index (χ0) is 11.4.